The molecule has 0 aromatic heterocycles. The van der Waals surface area contributed by atoms with Crippen molar-refractivity contribution in [1.82, 2.24) is 0 Å². The molecule has 0 aliphatic heterocycles. The summed E-state index contributed by atoms with van der Waals surface area (Å²) in [7, 11) is 0. The number of hydrogen-bond donors (Lipinski definition) is 3. The molecule has 0 amide bonds. The summed E-state index contributed by atoms with van der Waals surface area (Å²) in [5.41, 5.74) is -0.431. The van der Waals surface area contributed by atoms with Crippen LogP contribution < -0.4 is 0 Å². The topological polar surface area (TPSA) is 87.0 Å². The van der Waals surface area contributed by atoms with Crippen molar-refractivity contribution < 1.29 is 38.0 Å². The van der Waals surface area contributed by atoms with Gasteiger partial charge >= 0.3 is 12.1 Å². The number of halogens is 3. The summed E-state index contributed by atoms with van der Waals surface area (Å²) in [4.78, 5) is 10.8. The molecular weight excluding hydrogens is 413 g/mol. The van der Waals surface area contributed by atoms with Crippen LogP contribution in [0, 0.1) is 17.8 Å². The second-order valence-corrected chi connectivity index (χ2v) is 9.22. The van der Waals surface area contributed by atoms with E-state index in [1.54, 1.807) is 18.2 Å². The van der Waals surface area contributed by atoms with Crippen LogP contribution in [0.15, 0.2) is 23.8 Å². The zero-order valence-electron chi connectivity index (χ0n) is 17.7. The second kappa shape index (κ2) is 10.0. The van der Waals surface area contributed by atoms with E-state index in [0.29, 0.717) is 18.4 Å². The summed E-state index contributed by atoms with van der Waals surface area (Å²) in [6.07, 6.45) is 5.78. The molecule has 0 spiro atoms. The third-order valence-corrected chi connectivity index (χ3v) is 7.21. The van der Waals surface area contributed by atoms with Crippen LogP contribution in [0.2, 0.25) is 0 Å². The van der Waals surface area contributed by atoms with Crippen LogP contribution in [0.5, 0.6) is 0 Å². The molecule has 0 bridgehead atoms. The molecule has 1 unspecified atom stereocenters. The van der Waals surface area contributed by atoms with E-state index in [0.717, 1.165) is 25.7 Å². The fourth-order valence-electron chi connectivity index (χ4n) is 5.54. The van der Waals surface area contributed by atoms with E-state index in [9.17, 15) is 28.2 Å². The summed E-state index contributed by atoms with van der Waals surface area (Å²) < 4.78 is 44.3. The van der Waals surface area contributed by atoms with Crippen molar-refractivity contribution in [1.29, 1.82) is 0 Å². The van der Waals surface area contributed by atoms with Crippen molar-refractivity contribution in [2.24, 2.45) is 17.8 Å². The molecule has 0 heterocycles. The summed E-state index contributed by atoms with van der Waals surface area (Å²) in [6.45, 7) is -1.38. The lowest BCUT2D eigenvalue weighted by Gasteiger charge is -2.58. The van der Waals surface area contributed by atoms with Gasteiger partial charge in [-0.3, -0.25) is 4.79 Å². The number of allylic oxidation sites excluding steroid dienone is 1. The van der Waals surface area contributed by atoms with Gasteiger partial charge < -0.3 is 20.1 Å². The number of aliphatic hydroxyl groups is 2. The quantitative estimate of drug-likeness (QED) is 0.482. The number of alkyl halides is 3. The van der Waals surface area contributed by atoms with Crippen molar-refractivity contribution in [2.75, 3.05) is 6.61 Å². The zero-order valence-corrected chi connectivity index (χ0v) is 17.7. The molecule has 0 aromatic carbocycles. The second-order valence-electron chi connectivity index (χ2n) is 9.22. The average Bonchev–Trinajstić information content (AvgIpc) is 2.70. The Labute approximate surface area is 181 Å². The van der Waals surface area contributed by atoms with Crippen LogP contribution in [0.4, 0.5) is 13.2 Å². The van der Waals surface area contributed by atoms with E-state index in [1.165, 1.54) is 6.42 Å². The maximum atomic E-state index is 12.9. The summed E-state index contributed by atoms with van der Waals surface area (Å²) >= 11 is 0. The minimum atomic E-state index is -4.47. The molecule has 0 aromatic rings. The zero-order chi connectivity index (χ0) is 22.6. The van der Waals surface area contributed by atoms with E-state index in [4.69, 9.17) is 9.84 Å². The molecular formula is C23H33F3O5. The average molecular weight is 447 g/mol. The largest absolute Gasteiger partial charge is 0.481 e. The predicted molar refractivity (Wildman–Crippen MR) is 108 cm³/mol. The highest BCUT2D eigenvalue weighted by Crippen LogP contribution is 2.58. The first-order chi connectivity index (χ1) is 14.6. The van der Waals surface area contributed by atoms with Gasteiger partial charge in [0.1, 0.15) is 6.61 Å². The molecule has 5 nitrogen and oxygen atoms in total. The first-order valence-corrected chi connectivity index (χ1v) is 11.3. The standard InChI is InChI=1S/C23H33F3O5/c24-23(25,26)14-31-22-12-11-20(28)17(9-10-19(27)15-5-2-1-3-6-15)18(22)13-16(22)7-4-8-21(29)30/h7,9-10,15,17-20,27-28H,1-6,8,11-14H2,(H,29,30)/b10-9+,16-7?/t17-,18-,19?,20-,22+/m0/s1. The molecule has 3 saturated carbocycles. The van der Waals surface area contributed by atoms with E-state index in [-0.39, 0.29) is 31.1 Å². The Morgan fingerprint density at radius 3 is 2.58 bits per heavy atom. The van der Waals surface area contributed by atoms with Crippen LogP contribution in [-0.4, -0.2) is 51.9 Å². The van der Waals surface area contributed by atoms with Gasteiger partial charge in [0.25, 0.3) is 0 Å². The lowest BCUT2D eigenvalue weighted by atomic mass is 9.53. The Morgan fingerprint density at radius 2 is 1.94 bits per heavy atom. The van der Waals surface area contributed by atoms with Gasteiger partial charge in [0.15, 0.2) is 0 Å². The fraction of sp³-hybridized carbons (Fsp3) is 0.783. The van der Waals surface area contributed by atoms with Gasteiger partial charge in [0.2, 0.25) is 0 Å². The smallest absolute Gasteiger partial charge is 0.411 e. The molecule has 3 aliphatic rings. The Morgan fingerprint density at radius 1 is 1.23 bits per heavy atom. The van der Waals surface area contributed by atoms with Crippen molar-refractivity contribution in [3.63, 3.8) is 0 Å². The van der Waals surface area contributed by atoms with Crippen LogP contribution in [0.1, 0.15) is 64.2 Å². The molecule has 3 aliphatic carbocycles. The Balaban J connectivity index is 1.75. The Bertz CT molecular complexity index is 683. The maximum absolute atomic E-state index is 12.9. The number of carbonyl (C=O) groups is 1. The molecule has 5 atom stereocenters. The number of carboxylic acid groups (broad SMARTS) is 1. The maximum Gasteiger partial charge on any atom is 0.411 e. The first-order valence-electron chi connectivity index (χ1n) is 11.3. The molecule has 8 heteroatoms. The number of aliphatic hydroxyl groups excluding tert-OH is 2. The molecule has 3 rings (SSSR count). The fourth-order valence-corrected chi connectivity index (χ4v) is 5.54. The number of carboxylic acids is 1. The highest BCUT2D eigenvalue weighted by Gasteiger charge is 2.59. The first kappa shape index (κ1) is 24.3. The Hall–Kier alpha value is -1.38. The molecule has 176 valence electrons. The number of aliphatic carboxylic acids is 1. The lowest BCUT2D eigenvalue weighted by molar-refractivity contribution is -0.235. The van der Waals surface area contributed by atoms with E-state index < -0.39 is 42.5 Å². The van der Waals surface area contributed by atoms with Crippen LogP contribution >= 0.6 is 0 Å². The van der Waals surface area contributed by atoms with Gasteiger partial charge in [-0.2, -0.15) is 13.2 Å². The summed E-state index contributed by atoms with van der Waals surface area (Å²) in [6, 6.07) is 0. The highest BCUT2D eigenvalue weighted by molar-refractivity contribution is 5.66. The van der Waals surface area contributed by atoms with Crippen molar-refractivity contribution in [3.05, 3.63) is 23.8 Å². The summed E-state index contributed by atoms with van der Waals surface area (Å²) in [5, 5.41) is 30.0. The molecule has 3 fully saturated rings. The number of ether oxygens (including phenoxy) is 1. The van der Waals surface area contributed by atoms with Crippen molar-refractivity contribution >= 4 is 5.97 Å². The van der Waals surface area contributed by atoms with E-state index in [2.05, 4.69) is 0 Å². The minimum Gasteiger partial charge on any atom is -0.481 e. The van der Waals surface area contributed by atoms with Gasteiger partial charge in [-0.25, -0.2) is 0 Å². The van der Waals surface area contributed by atoms with Crippen molar-refractivity contribution in [2.45, 2.75) is 88.2 Å². The van der Waals surface area contributed by atoms with E-state index in [1.807, 2.05) is 0 Å². The summed E-state index contributed by atoms with van der Waals surface area (Å²) in [5.74, 6) is -1.51. The van der Waals surface area contributed by atoms with E-state index >= 15 is 0 Å². The van der Waals surface area contributed by atoms with Crippen molar-refractivity contribution in [3.8, 4) is 0 Å². The minimum absolute atomic E-state index is 0.0942. The lowest BCUT2D eigenvalue weighted by Crippen LogP contribution is -2.60. The molecule has 0 saturated heterocycles. The molecule has 3 N–H and O–H groups in total. The highest BCUT2D eigenvalue weighted by atomic mass is 19.4. The van der Waals surface area contributed by atoms with Gasteiger partial charge in [0.05, 0.1) is 17.8 Å². The van der Waals surface area contributed by atoms with Gasteiger partial charge in [-0.1, -0.05) is 37.5 Å². The third-order valence-electron chi connectivity index (χ3n) is 7.21. The number of fused-ring (bicyclic) bond motifs is 1. The number of hydrogen-bond acceptors (Lipinski definition) is 4. The van der Waals surface area contributed by atoms with Gasteiger partial charge in [0, 0.05) is 18.3 Å². The van der Waals surface area contributed by atoms with Crippen LogP contribution in [-0.2, 0) is 9.53 Å². The number of rotatable bonds is 8. The third kappa shape index (κ3) is 5.90. The van der Waals surface area contributed by atoms with Gasteiger partial charge in [-0.15, -0.1) is 0 Å². The molecule has 31 heavy (non-hydrogen) atoms. The monoisotopic (exact) mass is 446 g/mol. The molecule has 0 radical (unpaired) electrons. The van der Waals surface area contributed by atoms with Gasteiger partial charge in [-0.05, 0) is 50.0 Å². The predicted octanol–water partition coefficient (Wildman–Crippen LogP) is 4.38. The Kier molecular flexibility index (Phi) is 7.86. The van der Waals surface area contributed by atoms with Crippen LogP contribution in [0.3, 0.4) is 0 Å². The SMILES string of the molecule is O=C(O)CCC=C1C[C@H]2[C@H](/C=C/C(O)C3CCCCC3)[C@@H](O)CC[C@@]12OCC(F)(F)F. The van der Waals surface area contributed by atoms with Crippen LogP contribution in [0.25, 0.3) is 0 Å². The normalized spacial score (nSPS) is 34.5.